The monoisotopic (exact) mass is 385 g/mol. The van der Waals surface area contributed by atoms with Crippen molar-refractivity contribution in [2.75, 3.05) is 7.11 Å². The van der Waals surface area contributed by atoms with Crippen molar-refractivity contribution < 1.29 is 4.74 Å². The fourth-order valence-corrected chi connectivity index (χ4v) is 3.64. The number of aromatic nitrogens is 2. The van der Waals surface area contributed by atoms with E-state index in [9.17, 15) is 0 Å². The molecule has 1 aromatic heterocycles. The highest BCUT2D eigenvalue weighted by Crippen LogP contribution is 2.41. The van der Waals surface area contributed by atoms with Crippen LogP contribution in [0.15, 0.2) is 71.2 Å². The molecule has 6 heteroatoms. The number of nitrogens with two attached hydrogens (primary N) is 1. The van der Waals surface area contributed by atoms with Crippen LogP contribution in [0.3, 0.4) is 0 Å². The molecule has 0 saturated carbocycles. The van der Waals surface area contributed by atoms with Crippen LogP contribution in [0, 0.1) is 0 Å². The molecule has 1 atom stereocenters. The van der Waals surface area contributed by atoms with Gasteiger partial charge in [0, 0.05) is 29.1 Å². The maximum atomic E-state index is 6.18. The summed E-state index contributed by atoms with van der Waals surface area (Å²) in [5.74, 6) is 1.31. The lowest BCUT2D eigenvalue weighted by Gasteiger charge is -2.26. The molecule has 0 spiro atoms. The molecule has 0 bridgehead atoms. The van der Waals surface area contributed by atoms with Gasteiger partial charge in [0.05, 0.1) is 12.8 Å². The van der Waals surface area contributed by atoms with Gasteiger partial charge in [-0.3, -0.25) is 0 Å². The standard InChI is InChI=1S/C23H23N5O/c1-4-16-10-20(8-9-21(16)29-3)23(27-15(2)22(24)28-23)19-7-5-6-17(11-19)18-12-25-14-26-13-18/h5-14H,4H2,1-3H3,(H2,24,28). The first-order valence-electron chi connectivity index (χ1n) is 9.53. The van der Waals surface area contributed by atoms with Crippen molar-refractivity contribution in [3.8, 4) is 16.9 Å². The molecule has 0 amide bonds. The summed E-state index contributed by atoms with van der Waals surface area (Å²) >= 11 is 0. The first-order chi connectivity index (χ1) is 14.1. The van der Waals surface area contributed by atoms with Crippen molar-refractivity contribution in [3.63, 3.8) is 0 Å². The number of hydrogen-bond acceptors (Lipinski definition) is 6. The molecular formula is C23H23N5O. The topological polar surface area (TPSA) is 85.8 Å². The molecule has 1 aliphatic heterocycles. The average Bonchev–Trinajstić information content (AvgIpc) is 3.09. The van der Waals surface area contributed by atoms with Crippen LogP contribution in [0.4, 0.5) is 0 Å². The summed E-state index contributed by atoms with van der Waals surface area (Å²) in [5.41, 5.74) is 10.9. The van der Waals surface area contributed by atoms with Gasteiger partial charge in [-0.15, -0.1) is 0 Å². The Morgan fingerprint density at radius 2 is 1.72 bits per heavy atom. The SMILES string of the molecule is CCc1cc(C2(c3cccc(-c4cncnc4)c3)N=C(C)C(N)=N2)ccc1OC. The molecule has 146 valence electrons. The predicted molar refractivity (Wildman–Crippen MR) is 115 cm³/mol. The number of aliphatic imine (C=N–C) groups is 2. The van der Waals surface area contributed by atoms with Gasteiger partial charge in [0.15, 0.2) is 0 Å². The van der Waals surface area contributed by atoms with Gasteiger partial charge in [0.25, 0.3) is 0 Å². The molecule has 0 radical (unpaired) electrons. The summed E-state index contributed by atoms with van der Waals surface area (Å²) < 4.78 is 5.50. The number of amidine groups is 1. The fourth-order valence-electron chi connectivity index (χ4n) is 3.64. The van der Waals surface area contributed by atoms with Crippen LogP contribution in [0.25, 0.3) is 11.1 Å². The summed E-state index contributed by atoms with van der Waals surface area (Å²) in [6, 6.07) is 14.2. The number of rotatable bonds is 5. The van der Waals surface area contributed by atoms with Gasteiger partial charge in [0.2, 0.25) is 5.66 Å². The Balaban J connectivity index is 1.91. The van der Waals surface area contributed by atoms with Crippen LogP contribution in [-0.4, -0.2) is 28.6 Å². The van der Waals surface area contributed by atoms with Gasteiger partial charge in [-0.2, -0.15) is 0 Å². The minimum Gasteiger partial charge on any atom is -0.496 e. The molecule has 2 aromatic carbocycles. The second-order valence-electron chi connectivity index (χ2n) is 6.95. The molecule has 4 rings (SSSR count). The smallest absolute Gasteiger partial charge is 0.204 e. The highest BCUT2D eigenvalue weighted by molar-refractivity contribution is 6.41. The van der Waals surface area contributed by atoms with Gasteiger partial charge in [0.1, 0.15) is 17.9 Å². The summed E-state index contributed by atoms with van der Waals surface area (Å²) in [6.07, 6.45) is 5.95. The van der Waals surface area contributed by atoms with Gasteiger partial charge < -0.3 is 10.5 Å². The Kier molecular flexibility index (Phi) is 4.84. The number of ether oxygens (including phenoxy) is 1. The van der Waals surface area contributed by atoms with Gasteiger partial charge >= 0.3 is 0 Å². The molecule has 1 unspecified atom stereocenters. The minimum atomic E-state index is -0.921. The van der Waals surface area contributed by atoms with Crippen molar-refractivity contribution in [3.05, 3.63) is 77.9 Å². The van der Waals surface area contributed by atoms with E-state index in [0.29, 0.717) is 5.84 Å². The average molecular weight is 385 g/mol. The van der Waals surface area contributed by atoms with Crippen LogP contribution in [0.1, 0.15) is 30.5 Å². The van der Waals surface area contributed by atoms with E-state index in [1.165, 1.54) is 6.33 Å². The zero-order valence-corrected chi connectivity index (χ0v) is 16.8. The third-order valence-electron chi connectivity index (χ3n) is 5.21. The van der Waals surface area contributed by atoms with E-state index in [4.69, 9.17) is 20.5 Å². The van der Waals surface area contributed by atoms with Crippen LogP contribution in [-0.2, 0) is 12.1 Å². The summed E-state index contributed by atoms with van der Waals surface area (Å²) in [4.78, 5) is 18.0. The molecule has 29 heavy (non-hydrogen) atoms. The number of nitrogens with zero attached hydrogens (tertiary/aromatic N) is 4. The van der Waals surface area contributed by atoms with E-state index in [1.807, 2.05) is 37.3 Å². The lowest BCUT2D eigenvalue weighted by molar-refractivity contribution is 0.409. The summed E-state index contributed by atoms with van der Waals surface area (Å²) in [5, 5.41) is 0. The zero-order valence-electron chi connectivity index (χ0n) is 16.8. The van der Waals surface area contributed by atoms with Crippen molar-refractivity contribution in [2.45, 2.75) is 25.9 Å². The maximum absolute atomic E-state index is 6.18. The molecule has 3 aromatic rings. The quantitative estimate of drug-likeness (QED) is 0.725. The summed E-state index contributed by atoms with van der Waals surface area (Å²) in [7, 11) is 1.68. The molecule has 0 aliphatic carbocycles. The molecule has 2 N–H and O–H groups in total. The Hall–Kier alpha value is -3.54. The first kappa shape index (κ1) is 18.8. The lowest BCUT2D eigenvalue weighted by Crippen LogP contribution is -2.22. The van der Waals surface area contributed by atoms with E-state index in [1.54, 1.807) is 19.5 Å². The van der Waals surface area contributed by atoms with E-state index < -0.39 is 5.66 Å². The van der Waals surface area contributed by atoms with Crippen LogP contribution in [0.5, 0.6) is 5.75 Å². The molecule has 0 fully saturated rings. The maximum Gasteiger partial charge on any atom is 0.204 e. The Bertz CT molecular complexity index is 1090. The summed E-state index contributed by atoms with van der Waals surface area (Å²) in [6.45, 7) is 3.99. The van der Waals surface area contributed by atoms with E-state index in [-0.39, 0.29) is 0 Å². The van der Waals surface area contributed by atoms with Crippen LogP contribution >= 0.6 is 0 Å². The van der Waals surface area contributed by atoms with Crippen molar-refractivity contribution >= 4 is 11.5 Å². The lowest BCUT2D eigenvalue weighted by atomic mass is 9.89. The molecule has 6 nitrogen and oxygen atoms in total. The Morgan fingerprint density at radius 1 is 0.966 bits per heavy atom. The predicted octanol–water partition coefficient (Wildman–Crippen LogP) is 3.75. The van der Waals surface area contributed by atoms with Crippen LogP contribution in [0.2, 0.25) is 0 Å². The minimum absolute atomic E-state index is 0.451. The third kappa shape index (κ3) is 3.27. The highest BCUT2D eigenvalue weighted by Gasteiger charge is 2.38. The van der Waals surface area contributed by atoms with Crippen molar-refractivity contribution in [1.82, 2.24) is 9.97 Å². The molecule has 1 aliphatic rings. The largest absolute Gasteiger partial charge is 0.496 e. The normalized spacial score (nSPS) is 18.3. The number of methoxy groups -OCH3 is 1. The highest BCUT2D eigenvalue weighted by atomic mass is 16.5. The second kappa shape index (κ2) is 7.47. The zero-order chi connectivity index (χ0) is 20.4. The van der Waals surface area contributed by atoms with Crippen LogP contribution < -0.4 is 10.5 Å². The number of aryl methyl sites for hydroxylation is 1. The molecular weight excluding hydrogens is 362 g/mol. The Labute approximate surface area is 170 Å². The third-order valence-corrected chi connectivity index (χ3v) is 5.21. The van der Waals surface area contributed by atoms with E-state index in [2.05, 4.69) is 29.0 Å². The first-order valence-corrected chi connectivity index (χ1v) is 9.53. The molecule has 2 heterocycles. The fraction of sp³-hybridized carbons (Fsp3) is 0.217. The number of hydrogen-bond donors (Lipinski definition) is 1. The van der Waals surface area contributed by atoms with Gasteiger partial charge in [-0.1, -0.05) is 31.2 Å². The molecule has 0 saturated heterocycles. The van der Waals surface area contributed by atoms with Gasteiger partial charge in [-0.05, 0) is 42.7 Å². The number of benzene rings is 2. The van der Waals surface area contributed by atoms with Crippen molar-refractivity contribution in [1.29, 1.82) is 0 Å². The Morgan fingerprint density at radius 3 is 2.38 bits per heavy atom. The van der Waals surface area contributed by atoms with Gasteiger partial charge in [-0.25, -0.2) is 20.0 Å². The van der Waals surface area contributed by atoms with E-state index in [0.717, 1.165) is 45.7 Å². The second-order valence-corrected chi connectivity index (χ2v) is 6.95. The van der Waals surface area contributed by atoms with Crippen molar-refractivity contribution in [2.24, 2.45) is 15.7 Å². The van der Waals surface area contributed by atoms with E-state index >= 15 is 0 Å².